The predicted molar refractivity (Wildman–Crippen MR) is 116 cm³/mol. The lowest BCUT2D eigenvalue weighted by molar-refractivity contribution is -0.121. The molecule has 0 aliphatic heterocycles. The average Bonchev–Trinajstić information content (AvgIpc) is 2.99. The average molecular weight is 422 g/mol. The predicted octanol–water partition coefficient (Wildman–Crippen LogP) is 5.39. The van der Waals surface area contributed by atoms with Crippen LogP contribution < -0.4 is 5.32 Å². The van der Waals surface area contributed by atoms with Gasteiger partial charge < -0.3 is 5.32 Å². The molecule has 3 rings (SSSR count). The second-order valence-corrected chi connectivity index (χ2v) is 10.7. The van der Waals surface area contributed by atoms with Gasteiger partial charge in [-0.15, -0.1) is 5.10 Å². The van der Waals surface area contributed by atoms with E-state index in [4.69, 9.17) is 12.2 Å². The maximum atomic E-state index is 12.7. The molecule has 1 aromatic heterocycles. The Morgan fingerprint density at radius 2 is 2.11 bits per heavy atom. The van der Waals surface area contributed by atoms with Crippen molar-refractivity contribution >= 4 is 41.2 Å². The van der Waals surface area contributed by atoms with Crippen LogP contribution in [0.4, 0.5) is 0 Å². The first kappa shape index (κ1) is 20.6. The van der Waals surface area contributed by atoms with Crippen LogP contribution in [0.2, 0.25) is 0 Å². The molecule has 0 spiro atoms. The summed E-state index contributed by atoms with van der Waals surface area (Å²) in [4.78, 5) is 12.7. The van der Waals surface area contributed by atoms with Gasteiger partial charge in [-0.05, 0) is 56.0 Å². The lowest BCUT2D eigenvalue weighted by Crippen LogP contribution is -2.46. The molecule has 0 bridgehead atoms. The molecule has 1 aromatic carbocycles. The number of hydrogen-bond acceptors (Lipinski definition) is 5. The van der Waals surface area contributed by atoms with E-state index in [0.29, 0.717) is 15.8 Å². The van der Waals surface area contributed by atoms with Crippen molar-refractivity contribution in [2.45, 2.75) is 62.6 Å². The zero-order valence-corrected chi connectivity index (χ0v) is 18.7. The second-order valence-electron chi connectivity index (χ2n) is 7.47. The van der Waals surface area contributed by atoms with Crippen LogP contribution in [0.1, 0.15) is 45.6 Å². The third kappa shape index (κ3) is 4.81. The third-order valence-corrected chi connectivity index (χ3v) is 7.97. The van der Waals surface area contributed by atoms with Crippen molar-refractivity contribution in [2.24, 2.45) is 11.8 Å². The summed E-state index contributed by atoms with van der Waals surface area (Å²) in [7, 11) is 0. The molecule has 1 N–H and O–H groups in total. The Bertz CT molecular complexity index is 860. The van der Waals surface area contributed by atoms with E-state index >= 15 is 0 Å². The summed E-state index contributed by atoms with van der Waals surface area (Å²) in [5, 5.41) is 7.72. The number of thioether (sulfide) groups is 1. The highest BCUT2D eigenvalue weighted by Gasteiger charge is 2.29. The highest BCUT2D eigenvalue weighted by Crippen LogP contribution is 2.31. The van der Waals surface area contributed by atoms with Gasteiger partial charge in [-0.3, -0.25) is 4.79 Å². The lowest BCUT2D eigenvalue weighted by atomic mass is 9.78. The number of amides is 1. The quantitative estimate of drug-likeness (QED) is 0.519. The minimum absolute atomic E-state index is 0.0921. The summed E-state index contributed by atoms with van der Waals surface area (Å²) in [6.07, 6.45) is 3.53. The number of aryl methyl sites for hydroxylation is 1. The third-order valence-electron chi connectivity index (χ3n) is 5.55. The normalized spacial score (nSPS) is 23.8. The number of rotatable bonds is 5. The summed E-state index contributed by atoms with van der Waals surface area (Å²) < 4.78 is 3.33. The fourth-order valence-corrected chi connectivity index (χ4v) is 6.05. The van der Waals surface area contributed by atoms with Gasteiger partial charge in [0.25, 0.3) is 0 Å². The fourth-order valence-electron chi connectivity index (χ4n) is 3.55. The number of benzene rings is 1. The Labute approximate surface area is 174 Å². The number of para-hydroxylation sites is 1. The molecule has 4 nitrogen and oxygen atoms in total. The van der Waals surface area contributed by atoms with Gasteiger partial charge in [0, 0.05) is 6.04 Å². The summed E-state index contributed by atoms with van der Waals surface area (Å²) in [6.45, 7) is 8.53. The molecule has 1 aliphatic carbocycles. The van der Waals surface area contributed by atoms with E-state index in [9.17, 15) is 4.79 Å². The van der Waals surface area contributed by atoms with Gasteiger partial charge in [0.05, 0.1) is 10.9 Å². The minimum Gasteiger partial charge on any atom is -0.352 e. The Hall–Kier alpha value is -1.18. The van der Waals surface area contributed by atoms with Crippen molar-refractivity contribution in [3.63, 3.8) is 0 Å². The molecule has 27 heavy (non-hydrogen) atoms. The van der Waals surface area contributed by atoms with Crippen molar-refractivity contribution in [2.75, 3.05) is 0 Å². The Balaban J connectivity index is 1.67. The van der Waals surface area contributed by atoms with Gasteiger partial charge in [-0.25, -0.2) is 4.68 Å². The molecule has 1 aliphatic rings. The molecule has 1 heterocycles. The number of carbonyl (C=O) groups is 1. The van der Waals surface area contributed by atoms with E-state index < -0.39 is 0 Å². The molecule has 7 heteroatoms. The number of carbonyl (C=O) groups excluding carboxylic acids is 1. The van der Waals surface area contributed by atoms with Crippen LogP contribution in [-0.4, -0.2) is 27.0 Å². The first-order chi connectivity index (χ1) is 12.9. The van der Waals surface area contributed by atoms with Gasteiger partial charge >= 0.3 is 0 Å². The molecule has 0 unspecified atom stereocenters. The number of nitrogens with zero attached hydrogens (tertiary/aromatic N) is 2. The van der Waals surface area contributed by atoms with E-state index in [0.717, 1.165) is 22.0 Å². The molecule has 0 saturated heterocycles. The smallest absolute Gasteiger partial charge is 0.233 e. The lowest BCUT2D eigenvalue weighted by Gasteiger charge is -2.35. The summed E-state index contributed by atoms with van der Waals surface area (Å²) in [5.74, 6) is 1.29. The first-order valence-corrected chi connectivity index (χ1v) is 11.6. The van der Waals surface area contributed by atoms with Crippen LogP contribution in [-0.2, 0) is 4.79 Å². The summed E-state index contributed by atoms with van der Waals surface area (Å²) in [6, 6.07) is 8.34. The molecule has 2 aromatic rings. The number of aromatic nitrogens is 2. The van der Waals surface area contributed by atoms with Gasteiger partial charge in [0.15, 0.2) is 8.29 Å². The highest BCUT2D eigenvalue weighted by atomic mass is 32.2. The molecule has 1 saturated carbocycles. The number of nitrogens with one attached hydrogen (secondary N) is 1. The fraction of sp³-hybridized carbons (Fsp3) is 0.550. The minimum atomic E-state index is -0.194. The molecule has 0 radical (unpaired) electrons. The Morgan fingerprint density at radius 1 is 1.37 bits per heavy atom. The zero-order chi connectivity index (χ0) is 19.6. The van der Waals surface area contributed by atoms with E-state index in [1.54, 1.807) is 4.68 Å². The second kappa shape index (κ2) is 8.88. The van der Waals surface area contributed by atoms with Crippen LogP contribution in [0.3, 0.4) is 0 Å². The summed E-state index contributed by atoms with van der Waals surface area (Å²) >= 11 is 8.44. The maximum absolute atomic E-state index is 12.7. The summed E-state index contributed by atoms with van der Waals surface area (Å²) in [5.41, 5.74) is 2.12. The van der Waals surface area contributed by atoms with Crippen LogP contribution in [0.5, 0.6) is 0 Å². The van der Waals surface area contributed by atoms with E-state index in [1.807, 2.05) is 38.1 Å². The topological polar surface area (TPSA) is 46.9 Å². The van der Waals surface area contributed by atoms with E-state index in [2.05, 4.69) is 24.3 Å². The van der Waals surface area contributed by atoms with Crippen molar-refractivity contribution in [3.8, 4) is 5.69 Å². The zero-order valence-electron chi connectivity index (χ0n) is 16.3. The van der Waals surface area contributed by atoms with Gasteiger partial charge in [-0.1, -0.05) is 68.0 Å². The molecule has 1 amide bonds. The van der Waals surface area contributed by atoms with Crippen LogP contribution in [0, 0.1) is 22.7 Å². The molecule has 146 valence electrons. The monoisotopic (exact) mass is 421 g/mol. The molecule has 4 atom stereocenters. The van der Waals surface area contributed by atoms with Crippen molar-refractivity contribution < 1.29 is 4.79 Å². The SMILES string of the molecule is Cc1ccccc1-n1nc(S[C@@H](C)C(=O)N[C@@H]2CCC[C@H](C)[C@@H]2C)sc1=S. The highest BCUT2D eigenvalue weighted by molar-refractivity contribution is 8.02. The van der Waals surface area contributed by atoms with Crippen molar-refractivity contribution in [1.82, 2.24) is 15.1 Å². The largest absolute Gasteiger partial charge is 0.352 e. The van der Waals surface area contributed by atoms with Gasteiger partial charge in [0.1, 0.15) is 0 Å². The van der Waals surface area contributed by atoms with E-state index in [-0.39, 0.29) is 17.2 Å². The van der Waals surface area contributed by atoms with Gasteiger partial charge in [0.2, 0.25) is 5.91 Å². The maximum Gasteiger partial charge on any atom is 0.233 e. The van der Waals surface area contributed by atoms with Crippen LogP contribution >= 0.6 is 35.3 Å². The van der Waals surface area contributed by atoms with Crippen LogP contribution in [0.25, 0.3) is 5.69 Å². The van der Waals surface area contributed by atoms with Gasteiger partial charge in [-0.2, -0.15) is 0 Å². The molecular formula is C20H27N3OS3. The van der Waals surface area contributed by atoms with Crippen molar-refractivity contribution in [3.05, 3.63) is 33.8 Å². The number of hydrogen-bond donors (Lipinski definition) is 1. The molecule has 1 fully saturated rings. The molecular weight excluding hydrogens is 394 g/mol. The van der Waals surface area contributed by atoms with Crippen LogP contribution in [0.15, 0.2) is 28.6 Å². The first-order valence-electron chi connectivity index (χ1n) is 9.50. The Morgan fingerprint density at radius 3 is 2.85 bits per heavy atom. The van der Waals surface area contributed by atoms with E-state index in [1.165, 1.54) is 35.9 Å². The van der Waals surface area contributed by atoms with Crippen molar-refractivity contribution in [1.29, 1.82) is 0 Å². The Kier molecular flexibility index (Phi) is 6.76. The standard InChI is InChI=1S/C20H27N3OS3/c1-12-9-7-10-16(14(12)3)21-18(24)15(4)26-19-22-23(20(25)27-19)17-11-6-5-8-13(17)2/h5-6,8,11-12,14-16H,7,9-10H2,1-4H3,(H,21,24)/t12-,14-,15-,16+/m0/s1.